The van der Waals surface area contributed by atoms with Gasteiger partial charge >= 0.3 is 0 Å². The third-order valence-corrected chi connectivity index (χ3v) is 5.57. The summed E-state index contributed by atoms with van der Waals surface area (Å²) in [5.41, 5.74) is 0. The Kier molecular flexibility index (Phi) is 4.24. The van der Waals surface area contributed by atoms with Gasteiger partial charge in [0.25, 0.3) is 0 Å². The van der Waals surface area contributed by atoms with Gasteiger partial charge in [0.2, 0.25) is 11.8 Å². The molecular weight excluding hydrogens is 288 g/mol. The zero-order valence-electron chi connectivity index (χ0n) is 12.4. The third kappa shape index (κ3) is 3.59. The van der Waals surface area contributed by atoms with Crippen molar-refractivity contribution >= 4 is 28.7 Å². The second-order valence-corrected chi connectivity index (χ2v) is 7.72. The second kappa shape index (κ2) is 5.99. The average molecular weight is 310 g/mol. The summed E-state index contributed by atoms with van der Waals surface area (Å²) in [7, 11) is 0. The fraction of sp³-hybridized carbons (Fsp3) is 0.800. The summed E-state index contributed by atoms with van der Waals surface area (Å²) in [6, 6.07) is 0.483. The third-order valence-electron chi connectivity index (χ3n) is 4.52. The molecule has 1 saturated carbocycles. The summed E-state index contributed by atoms with van der Waals surface area (Å²) in [5, 5.41) is 0.113. The fourth-order valence-electron chi connectivity index (χ4n) is 3.36. The summed E-state index contributed by atoms with van der Waals surface area (Å²) in [4.78, 5) is 38.9. The lowest BCUT2D eigenvalue weighted by atomic mass is 10.1. The number of likely N-dealkylation sites (tertiary alicyclic amines) is 2. The molecule has 116 valence electrons. The van der Waals surface area contributed by atoms with E-state index in [0.29, 0.717) is 31.3 Å². The van der Waals surface area contributed by atoms with Crippen molar-refractivity contribution < 1.29 is 14.4 Å². The van der Waals surface area contributed by atoms with E-state index >= 15 is 0 Å². The molecule has 2 heterocycles. The summed E-state index contributed by atoms with van der Waals surface area (Å²) < 4.78 is 0. The molecule has 2 saturated heterocycles. The van der Waals surface area contributed by atoms with Gasteiger partial charge in [-0.3, -0.25) is 14.4 Å². The van der Waals surface area contributed by atoms with E-state index in [1.165, 1.54) is 11.8 Å². The van der Waals surface area contributed by atoms with Gasteiger partial charge < -0.3 is 9.80 Å². The first-order valence-corrected chi connectivity index (χ1v) is 8.72. The van der Waals surface area contributed by atoms with Crippen molar-refractivity contribution in [2.75, 3.05) is 25.4 Å². The van der Waals surface area contributed by atoms with Crippen molar-refractivity contribution in [1.29, 1.82) is 0 Å². The Bertz CT molecular complexity index is 464. The van der Waals surface area contributed by atoms with Crippen LogP contribution < -0.4 is 0 Å². The van der Waals surface area contributed by atoms with E-state index in [-0.39, 0.29) is 22.8 Å². The molecule has 3 rings (SSSR count). The van der Waals surface area contributed by atoms with Crippen molar-refractivity contribution in [3.05, 3.63) is 0 Å². The Balaban J connectivity index is 1.48. The van der Waals surface area contributed by atoms with E-state index in [2.05, 4.69) is 0 Å². The van der Waals surface area contributed by atoms with Crippen LogP contribution in [0.4, 0.5) is 0 Å². The van der Waals surface area contributed by atoms with Crippen molar-refractivity contribution in [2.24, 2.45) is 11.8 Å². The molecule has 0 aromatic rings. The van der Waals surface area contributed by atoms with Crippen LogP contribution in [0.2, 0.25) is 0 Å². The summed E-state index contributed by atoms with van der Waals surface area (Å²) in [6.07, 6.45) is 3.43. The standard InChI is InChI=1S/C15H22N2O3S/c1-10(18)21-9-12-5-14(19)16(7-12)6-11-4-15(20)17(8-11)13-2-3-13/h11-13H,2-9H2,1H3. The van der Waals surface area contributed by atoms with Crippen LogP contribution in [0.3, 0.4) is 0 Å². The normalized spacial score (nSPS) is 29.6. The lowest BCUT2D eigenvalue weighted by molar-refractivity contribution is -0.129. The maximum absolute atomic E-state index is 12.1. The predicted molar refractivity (Wildman–Crippen MR) is 80.7 cm³/mol. The lowest BCUT2D eigenvalue weighted by Gasteiger charge is -2.21. The van der Waals surface area contributed by atoms with Crippen LogP contribution in [-0.2, 0) is 14.4 Å². The molecular formula is C15H22N2O3S. The number of hydrogen-bond acceptors (Lipinski definition) is 4. The highest BCUT2D eigenvalue weighted by atomic mass is 32.2. The molecule has 2 aliphatic heterocycles. The highest BCUT2D eigenvalue weighted by Crippen LogP contribution is 2.33. The van der Waals surface area contributed by atoms with Gasteiger partial charge in [-0.05, 0) is 18.8 Å². The van der Waals surface area contributed by atoms with Gasteiger partial charge in [-0.25, -0.2) is 0 Å². The average Bonchev–Trinajstić information content (AvgIpc) is 3.11. The molecule has 0 aromatic heterocycles. The van der Waals surface area contributed by atoms with E-state index in [1.807, 2.05) is 9.80 Å². The van der Waals surface area contributed by atoms with E-state index in [4.69, 9.17) is 0 Å². The first kappa shape index (κ1) is 14.9. The van der Waals surface area contributed by atoms with E-state index in [1.54, 1.807) is 6.92 Å². The van der Waals surface area contributed by atoms with Crippen LogP contribution in [0.25, 0.3) is 0 Å². The Morgan fingerprint density at radius 1 is 1.14 bits per heavy atom. The van der Waals surface area contributed by atoms with Crippen LogP contribution in [0, 0.1) is 11.8 Å². The molecule has 2 atom stereocenters. The predicted octanol–water partition coefficient (Wildman–Crippen LogP) is 1.13. The number of carbonyl (C=O) groups is 3. The van der Waals surface area contributed by atoms with Crippen LogP contribution in [-0.4, -0.2) is 58.2 Å². The van der Waals surface area contributed by atoms with Crippen LogP contribution in [0.1, 0.15) is 32.6 Å². The van der Waals surface area contributed by atoms with Crippen molar-refractivity contribution in [3.8, 4) is 0 Å². The topological polar surface area (TPSA) is 57.7 Å². The number of rotatable bonds is 5. The Hall–Kier alpha value is -1.04. The van der Waals surface area contributed by atoms with Gasteiger partial charge in [0.15, 0.2) is 5.12 Å². The maximum atomic E-state index is 12.1. The van der Waals surface area contributed by atoms with Crippen molar-refractivity contribution in [1.82, 2.24) is 9.80 Å². The minimum atomic E-state index is 0.113. The molecule has 21 heavy (non-hydrogen) atoms. The van der Waals surface area contributed by atoms with Gasteiger partial charge in [-0.2, -0.15) is 0 Å². The van der Waals surface area contributed by atoms with E-state index in [9.17, 15) is 14.4 Å². The smallest absolute Gasteiger partial charge is 0.223 e. The largest absolute Gasteiger partial charge is 0.342 e. The molecule has 0 aromatic carbocycles. The molecule has 0 radical (unpaired) electrons. The number of nitrogens with zero attached hydrogens (tertiary/aromatic N) is 2. The molecule has 1 aliphatic carbocycles. The molecule has 2 amide bonds. The molecule has 5 nitrogen and oxygen atoms in total. The van der Waals surface area contributed by atoms with Gasteiger partial charge in [-0.15, -0.1) is 0 Å². The van der Waals surface area contributed by atoms with E-state index < -0.39 is 0 Å². The summed E-state index contributed by atoms with van der Waals surface area (Å²) >= 11 is 1.31. The Labute approximate surface area is 129 Å². The van der Waals surface area contributed by atoms with Crippen molar-refractivity contribution in [3.63, 3.8) is 0 Å². The monoisotopic (exact) mass is 310 g/mol. The van der Waals surface area contributed by atoms with Crippen molar-refractivity contribution in [2.45, 2.75) is 38.6 Å². The van der Waals surface area contributed by atoms with Crippen LogP contribution in [0.5, 0.6) is 0 Å². The molecule has 0 N–H and O–H groups in total. The first-order chi connectivity index (χ1) is 10.0. The molecule has 6 heteroatoms. The number of thioether (sulfide) groups is 1. The highest BCUT2D eigenvalue weighted by molar-refractivity contribution is 8.13. The first-order valence-electron chi connectivity index (χ1n) is 7.73. The second-order valence-electron chi connectivity index (χ2n) is 6.52. The zero-order chi connectivity index (χ0) is 15.0. The molecule has 3 fully saturated rings. The summed E-state index contributed by atoms with van der Waals surface area (Å²) in [5.74, 6) is 1.75. The Morgan fingerprint density at radius 3 is 2.52 bits per heavy atom. The minimum Gasteiger partial charge on any atom is -0.342 e. The molecule has 2 unspecified atom stereocenters. The van der Waals surface area contributed by atoms with Crippen LogP contribution in [0.15, 0.2) is 0 Å². The number of carbonyl (C=O) groups excluding carboxylic acids is 3. The number of amides is 2. The van der Waals surface area contributed by atoms with Crippen LogP contribution >= 0.6 is 11.8 Å². The highest BCUT2D eigenvalue weighted by Gasteiger charge is 2.41. The fourth-order valence-corrected chi connectivity index (χ4v) is 4.05. The van der Waals surface area contributed by atoms with Gasteiger partial charge in [-0.1, -0.05) is 11.8 Å². The van der Waals surface area contributed by atoms with Gasteiger partial charge in [0.1, 0.15) is 0 Å². The quantitative estimate of drug-likeness (QED) is 0.764. The van der Waals surface area contributed by atoms with Gasteiger partial charge in [0.05, 0.1) is 0 Å². The zero-order valence-corrected chi connectivity index (χ0v) is 13.2. The van der Waals surface area contributed by atoms with E-state index in [0.717, 1.165) is 31.7 Å². The molecule has 0 spiro atoms. The molecule has 0 bridgehead atoms. The minimum absolute atomic E-state index is 0.113. The maximum Gasteiger partial charge on any atom is 0.223 e. The SMILES string of the molecule is CC(=O)SCC1CC(=O)N(CC2CC(=O)N(C3CC3)C2)C1. The summed E-state index contributed by atoms with van der Waals surface area (Å²) in [6.45, 7) is 3.83. The van der Waals surface area contributed by atoms with Gasteiger partial charge in [0, 0.05) is 57.1 Å². The Morgan fingerprint density at radius 2 is 1.86 bits per heavy atom. The molecule has 3 aliphatic rings. The number of hydrogen-bond donors (Lipinski definition) is 0. The lowest BCUT2D eigenvalue weighted by Crippen LogP contribution is -2.33.